The molecule has 1 N–H and O–H groups in total. The first-order valence-electron chi connectivity index (χ1n) is 7.15. The van der Waals surface area contributed by atoms with Gasteiger partial charge in [0.2, 0.25) is 0 Å². The number of imidazole rings is 1. The van der Waals surface area contributed by atoms with E-state index in [2.05, 4.69) is 9.97 Å². The SMILES string of the molecule is CC(=O)c1ccc2c(c1)nc(-c1ccncc1)n2C(C)C(=O)O. The van der Waals surface area contributed by atoms with Gasteiger partial charge in [-0.1, -0.05) is 0 Å². The quantitative estimate of drug-likeness (QED) is 0.749. The Kier molecular flexibility index (Phi) is 3.65. The number of pyridine rings is 1. The summed E-state index contributed by atoms with van der Waals surface area (Å²) in [5.41, 5.74) is 2.59. The molecule has 0 radical (unpaired) electrons. The maximum absolute atomic E-state index is 11.6. The van der Waals surface area contributed by atoms with Crippen molar-refractivity contribution < 1.29 is 14.7 Å². The molecule has 6 heteroatoms. The highest BCUT2D eigenvalue weighted by atomic mass is 16.4. The lowest BCUT2D eigenvalue weighted by molar-refractivity contribution is -0.140. The molecule has 1 atom stereocenters. The number of carbonyl (C=O) groups excluding carboxylic acids is 1. The molecule has 0 aliphatic rings. The zero-order valence-corrected chi connectivity index (χ0v) is 12.7. The van der Waals surface area contributed by atoms with E-state index in [4.69, 9.17) is 0 Å². The molecule has 1 aromatic carbocycles. The number of hydrogen-bond acceptors (Lipinski definition) is 4. The lowest BCUT2D eigenvalue weighted by atomic mass is 10.1. The summed E-state index contributed by atoms with van der Waals surface area (Å²) in [4.78, 5) is 31.6. The Morgan fingerprint density at radius 1 is 1.17 bits per heavy atom. The summed E-state index contributed by atoms with van der Waals surface area (Å²) in [5.74, 6) is -0.466. The highest BCUT2D eigenvalue weighted by Gasteiger charge is 2.22. The van der Waals surface area contributed by atoms with E-state index < -0.39 is 12.0 Å². The first kappa shape index (κ1) is 14.9. The number of Topliss-reactive ketones (excluding diaryl/α,β-unsaturated/α-hetero) is 1. The monoisotopic (exact) mass is 309 g/mol. The summed E-state index contributed by atoms with van der Waals surface area (Å²) in [7, 11) is 0. The number of aliphatic carboxylic acids is 1. The number of aromatic nitrogens is 3. The molecule has 116 valence electrons. The standard InChI is InChI=1S/C17H15N3O3/c1-10(17(22)23)20-15-4-3-13(11(2)21)9-14(15)19-16(20)12-5-7-18-8-6-12/h3-10H,1-2H3,(H,22,23). The topological polar surface area (TPSA) is 85.1 Å². The Labute approximate surface area is 132 Å². The molecule has 0 fully saturated rings. The Morgan fingerprint density at radius 3 is 2.48 bits per heavy atom. The number of rotatable bonds is 4. The predicted octanol–water partition coefficient (Wildman–Crippen LogP) is 2.95. The van der Waals surface area contributed by atoms with Gasteiger partial charge in [0.05, 0.1) is 11.0 Å². The molecule has 23 heavy (non-hydrogen) atoms. The Morgan fingerprint density at radius 2 is 1.87 bits per heavy atom. The molecule has 2 aromatic heterocycles. The van der Waals surface area contributed by atoms with E-state index in [1.165, 1.54) is 6.92 Å². The molecule has 0 aliphatic carbocycles. The number of benzene rings is 1. The van der Waals surface area contributed by atoms with Crippen LogP contribution in [0.3, 0.4) is 0 Å². The summed E-state index contributed by atoms with van der Waals surface area (Å²) in [5, 5.41) is 9.41. The second-order valence-electron chi connectivity index (χ2n) is 5.32. The Balaban J connectivity index is 2.31. The summed E-state index contributed by atoms with van der Waals surface area (Å²) >= 11 is 0. The highest BCUT2D eigenvalue weighted by molar-refractivity contribution is 5.98. The molecular formula is C17H15N3O3. The van der Waals surface area contributed by atoms with Crippen LogP contribution in [0.4, 0.5) is 0 Å². The number of carboxylic acid groups (broad SMARTS) is 1. The van der Waals surface area contributed by atoms with Gasteiger partial charge >= 0.3 is 5.97 Å². The van der Waals surface area contributed by atoms with Crippen LogP contribution >= 0.6 is 0 Å². The third-order valence-corrected chi connectivity index (χ3v) is 3.78. The van der Waals surface area contributed by atoms with Crippen molar-refractivity contribution in [1.82, 2.24) is 14.5 Å². The van der Waals surface area contributed by atoms with E-state index in [9.17, 15) is 14.7 Å². The molecule has 0 spiro atoms. The lowest BCUT2D eigenvalue weighted by Crippen LogP contribution is -2.16. The van der Waals surface area contributed by atoms with Crippen molar-refractivity contribution in [3.05, 3.63) is 48.3 Å². The molecule has 0 bridgehead atoms. The largest absolute Gasteiger partial charge is 0.480 e. The minimum Gasteiger partial charge on any atom is -0.480 e. The summed E-state index contributed by atoms with van der Waals surface area (Å²) < 4.78 is 1.66. The third-order valence-electron chi connectivity index (χ3n) is 3.78. The van der Waals surface area contributed by atoms with Crippen LogP contribution in [-0.2, 0) is 4.79 Å². The van der Waals surface area contributed by atoms with Crippen LogP contribution in [0.25, 0.3) is 22.4 Å². The zero-order valence-electron chi connectivity index (χ0n) is 12.7. The fourth-order valence-corrected chi connectivity index (χ4v) is 2.52. The number of nitrogens with zero attached hydrogens (tertiary/aromatic N) is 3. The van der Waals surface area contributed by atoms with Gasteiger partial charge in [-0.05, 0) is 44.2 Å². The van der Waals surface area contributed by atoms with Crippen LogP contribution in [0.2, 0.25) is 0 Å². The predicted molar refractivity (Wildman–Crippen MR) is 85.3 cm³/mol. The first-order valence-corrected chi connectivity index (χ1v) is 7.15. The summed E-state index contributed by atoms with van der Waals surface area (Å²) in [6.45, 7) is 3.09. The van der Waals surface area contributed by atoms with E-state index in [0.717, 1.165) is 5.56 Å². The van der Waals surface area contributed by atoms with Crippen molar-refractivity contribution in [2.75, 3.05) is 0 Å². The van der Waals surface area contributed by atoms with Gasteiger partial charge < -0.3 is 9.67 Å². The van der Waals surface area contributed by atoms with Gasteiger partial charge in [-0.15, -0.1) is 0 Å². The van der Waals surface area contributed by atoms with Gasteiger partial charge in [0.15, 0.2) is 5.78 Å². The molecule has 0 amide bonds. The average Bonchev–Trinajstić information content (AvgIpc) is 2.93. The Hall–Kier alpha value is -3.02. The second-order valence-corrected chi connectivity index (χ2v) is 5.32. The maximum Gasteiger partial charge on any atom is 0.326 e. The number of hydrogen-bond donors (Lipinski definition) is 1. The number of ketones is 1. The first-order chi connectivity index (χ1) is 11.0. The van der Waals surface area contributed by atoms with E-state index >= 15 is 0 Å². The van der Waals surface area contributed by atoms with Crippen LogP contribution in [-0.4, -0.2) is 31.4 Å². The zero-order chi connectivity index (χ0) is 16.6. The third kappa shape index (κ3) is 2.59. The number of carbonyl (C=O) groups is 2. The smallest absolute Gasteiger partial charge is 0.326 e. The van der Waals surface area contributed by atoms with Crippen LogP contribution in [0.15, 0.2) is 42.7 Å². The van der Waals surface area contributed by atoms with Crippen molar-refractivity contribution >= 4 is 22.8 Å². The summed E-state index contributed by atoms with van der Waals surface area (Å²) in [6.07, 6.45) is 3.26. The fourth-order valence-electron chi connectivity index (χ4n) is 2.52. The fraction of sp³-hybridized carbons (Fsp3) is 0.176. The van der Waals surface area contributed by atoms with E-state index in [1.54, 1.807) is 54.2 Å². The van der Waals surface area contributed by atoms with Gasteiger partial charge in [0, 0.05) is 23.5 Å². The van der Waals surface area contributed by atoms with Crippen molar-refractivity contribution in [3.8, 4) is 11.4 Å². The maximum atomic E-state index is 11.6. The van der Waals surface area contributed by atoms with Crippen molar-refractivity contribution in [3.63, 3.8) is 0 Å². The molecule has 2 heterocycles. The van der Waals surface area contributed by atoms with Crippen LogP contribution in [0, 0.1) is 0 Å². The molecular weight excluding hydrogens is 294 g/mol. The van der Waals surface area contributed by atoms with E-state index in [0.29, 0.717) is 22.4 Å². The molecule has 3 rings (SSSR count). The van der Waals surface area contributed by atoms with Crippen molar-refractivity contribution in [2.24, 2.45) is 0 Å². The molecule has 0 saturated carbocycles. The normalized spacial score (nSPS) is 12.3. The molecule has 0 saturated heterocycles. The highest BCUT2D eigenvalue weighted by Crippen LogP contribution is 2.29. The van der Waals surface area contributed by atoms with E-state index in [1.807, 2.05) is 0 Å². The number of fused-ring (bicyclic) bond motifs is 1. The second kappa shape index (κ2) is 5.64. The molecule has 6 nitrogen and oxygen atoms in total. The minimum atomic E-state index is -0.949. The summed E-state index contributed by atoms with van der Waals surface area (Å²) in [6, 6.07) is 7.88. The lowest BCUT2D eigenvalue weighted by Gasteiger charge is -2.13. The van der Waals surface area contributed by atoms with Crippen molar-refractivity contribution in [1.29, 1.82) is 0 Å². The van der Waals surface area contributed by atoms with Gasteiger partial charge in [0.25, 0.3) is 0 Å². The molecule has 1 unspecified atom stereocenters. The molecule has 0 aliphatic heterocycles. The van der Waals surface area contributed by atoms with Gasteiger partial charge in [-0.2, -0.15) is 0 Å². The van der Waals surface area contributed by atoms with Crippen LogP contribution in [0.1, 0.15) is 30.2 Å². The van der Waals surface area contributed by atoms with Gasteiger partial charge in [0.1, 0.15) is 11.9 Å². The van der Waals surface area contributed by atoms with Gasteiger partial charge in [-0.3, -0.25) is 9.78 Å². The van der Waals surface area contributed by atoms with E-state index in [-0.39, 0.29) is 5.78 Å². The molecule has 3 aromatic rings. The van der Waals surface area contributed by atoms with Crippen LogP contribution in [0.5, 0.6) is 0 Å². The van der Waals surface area contributed by atoms with Gasteiger partial charge in [-0.25, -0.2) is 9.78 Å². The number of carboxylic acids is 1. The van der Waals surface area contributed by atoms with Crippen LogP contribution < -0.4 is 0 Å². The van der Waals surface area contributed by atoms with Crippen molar-refractivity contribution in [2.45, 2.75) is 19.9 Å². The average molecular weight is 309 g/mol. The Bertz CT molecular complexity index is 900. The minimum absolute atomic E-state index is 0.0572.